The van der Waals surface area contributed by atoms with Crippen molar-refractivity contribution in [1.82, 2.24) is 4.90 Å². The molecule has 1 aliphatic heterocycles. The first-order valence-corrected chi connectivity index (χ1v) is 17.1. The van der Waals surface area contributed by atoms with Crippen molar-refractivity contribution in [3.63, 3.8) is 0 Å². The van der Waals surface area contributed by atoms with E-state index in [-0.39, 0.29) is 0 Å². The van der Waals surface area contributed by atoms with Gasteiger partial charge in [0.15, 0.2) is 0 Å². The molecule has 1 nitrogen and oxygen atoms in total. The van der Waals surface area contributed by atoms with Crippen LogP contribution in [0.25, 0.3) is 0 Å². The molecular weight excluding hydrogens is 349 g/mol. The predicted octanol–water partition coefficient (Wildman–Crippen LogP) is 5.86. The molecule has 20 heavy (non-hydrogen) atoms. The molecule has 0 aromatic heterocycles. The first-order chi connectivity index (χ1) is 9.70. The fourth-order valence-corrected chi connectivity index (χ4v) is 23.7. The SMILES string of the molecule is CCC[CH2][Sn]([CH2]CCC)([CH2]CCC)[C@@H]1CCCCN1C. The monoisotopic (exact) mass is 389 g/mol. The number of rotatable bonds is 10. The van der Waals surface area contributed by atoms with Crippen LogP contribution in [0.4, 0.5) is 0 Å². The van der Waals surface area contributed by atoms with Crippen molar-refractivity contribution in [1.29, 1.82) is 0 Å². The Morgan fingerprint density at radius 3 is 1.75 bits per heavy atom. The fraction of sp³-hybridized carbons (Fsp3) is 1.00. The molecule has 0 amide bonds. The Balaban J connectivity index is 2.85. The van der Waals surface area contributed by atoms with E-state index in [1.807, 2.05) is 0 Å². The third kappa shape index (κ3) is 5.51. The standard InChI is InChI=1S/C6H12N.3C4H9.Sn/c1-7-5-3-2-4-6-7;3*1-3-4-2;/h5H,2-4,6H2,1H3;3*1,3-4H2,2H3;. The Morgan fingerprint density at radius 2 is 1.35 bits per heavy atom. The van der Waals surface area contributed by atoms with Crippen molar-refractivity contribution in [3.8, 4) is 0 Å². The van der Waals surface area contributed by atoms with E-state index in [1.54, 1.807) is 19.7 Å². The summed E-state index contributed by atoms with van der Waals surface area (Å²) in [5.74, 6) is 0. The Morgan fingerprint density at radius 1 is 0.850 bits per heavy atom. The average Bonchev–Trinajstić information content (AvgIpc) is 2.48. The summed E-state index contributed by atoms with van der Waals surface area (Å²) < 4.78 is 6.11. The van der Waals surface area contributed by atoms with Gasteiger partial charge in [0.05, 0.1) is 0 Å². The topological polar surface area (TPSA) is 3.24 Å². The van der Waals surface area contributed by atoms with Gasteiger partial charge < -0.3 is 0 Å². The molecule has 0 radical (unpaired) electrons. The fourth-order valence-electron chi connectivity index (χ4n) is 4.31. The number of nitrogens with zero attached hydrogens (tertiary/aromatic N) is 1. The van der Waals surface area contributed by atoms with Crippen LogP contribution in [0.2, 0.25) is 13.3 Å². The maximum atomic E-state index is 2.81. The average molecular weight is 388 g/mol. The van der Waals surface area contributed by atoms with E-state index in [0.717, 1.165) is 4.06 Å². The van der Waals surface area contributed by atoms with Gasteiger partial charge in [-0.05, 0) is 0 Å². The van der Waals surface area contributed by atoms with Crippen LogP contribution in [-0.4, -0.2) is 40.9 Å². The summed E-state index contributed by atoms with van der Waals surface area (Å²) in [6.07, 6.45) is 13.3. The molecule has 1 aliphatic rings. The second kappa shape index (κ2) is 10.5. The van der Waals surface area contributed by atoms with E-state index in [1.165, 1.54) is 57.9 Å². The van der Waals surface area contributed by atoms with Gasteiger partial charge in [-0.2, -0.15) is 0 Å². The van der Waals surface area contributed by atoms with Crippen LogP contribution < -0.4 is 0 Å². The van der Waals surface area contributed by atoms with Crippen molar-refractivity contribution in [2.24, 2.45) is 0 Å². The molecule has 0 spiro atoms. The Kier molecular flexibility index (Phi) is 9.85. The second-order valence-corrected chi connectivity index (χ2v) is 21.1. The number of likely N-dealkylation sites (tertiary alicyclic amines) is 1. The van der Waals surface area contributed by atoms with Gasteiger partial charge in [-0.15, -0.1) is 0 Å². The van der Waals surface area contributed by atoms with Gasteiger partial charge in [-0.25, -0.2) is 0 Å². The van der Waals surface area contributed by atoms with Crippen LogP contribution in [0, 0.1) is 0 Å². The molecule has 0 unspecified atom stereocenters. The summed E-state index contributed by atoms with van der Waals surface area (Å²) in [5, 5.41) is 0. The molecule has 0 saturated carbocycles. The number of piperidine rings is 1. The van der Waals surface area contributed by atoms with Crippen molar-refractivity contribution >= 4 is 18.4 Å². The van der Waals surface area contributed by atoms with E-state index >= 15 is 0 Å². The molecule has 2 heteroatoms. The molecule has 0 bridgehead atoms. The third-order valence-electron chi connectivity index (χ3n) is 5.56. The van der Waals surface area contributed by atoms with Gasteiger partial charge in [0.1, 0.15) is 0 Å². The van der Waals surface area contributed by atoms with Gasteiger partial charge in [0.2, 0.25) is 0 Å². The number of unbranched alkanes of at least 4 members (excludes halogenated alkanes) is 3. The summed E-state index contributed by atoms with van der Waals surface area (Å²) in [5.41, 5.74) is 0. The van der Waals surface area contributed by atoms with E-state index < -0.39 is 18.4 Å². The molecule has 0 aromatic rings. The quantitative estimate of drug-likeness (QED) is 0.424. The predicted molar refractivity (Wildman–Crippen MR) is 95.2 cm³/mol. The molecule has 0 N–H and O–H groups in total. The first-order valence-electron chi connectivity index (χ1n) is 9.40. The Hall–Kier alpha value is 0.759. The van der Waals surface area contributed by atoms with Crippen molar-refractivity contribution < 1.29 is 0 Å². The first kappa shape index (κ1) is 18.8. The summed E-state index contributed by atoms with van der Waals surface area (Å²) in [6, 6.07) is 0. The Labute approximate surface area is 132 Å². The molecule has 1 rings (SSSR count). The van der Waals surface area contributed by atoms with E-state index in [9.17, 15) is 0 Å². The zero-order valence-corrected chi connectivity index (χ0v) is 17.6. The van der Waals surface area contributed by atoms with Crippen molar-refractivity contribution in [3.05, 3.63) is 0 Å². The second-order valence-electron chi connectivity index (χ2n) is 7.17. The molecule has 0 aromatic carbocycles. The molecule has 1 heterocycles. The van der Waals surface area contributed by atoms with Gasteiger partial charge >= 0.3 is 133 Å². The molecule has 1 fully saturated rings. The summed E-state index contributed by atoms with van der Waals surface area (Å²) >= 11 is -1.97. The molecule has 120 valence electrons. The minimum atomic E-state index is -1.97. The summed E-state index contributed by atoms with van der Waals surface area (Å²) in [7, 11) is 2.44. The van der Waals surface area contributed by atoms with Crippen molar-refractivity contribution in [2.45, 2.75) is 95.9 Å². The van der Waals surface area contributed by atoms with Crippen LogP contribution in [0.5, 0.6) is 0 Å². The van der Waals surface area contributed by atoms with Gasteiger partial charge in [0.25, 0.3) is 0 Å². The van der Waals surface area contributed by atoms with Gasteiger partial charge in [-0.3, -0.25) is 0 Å². The molecule has 1 atom stereocenters. The van der Waals surface area contributed by atoms with Crippen LogP contribution in [-0.2, 0) is 0 Å². The molecule has 0 aliphatic carbocycles. The molecule has 1 saturated heterocycles. The zero-order valence-electron chi connectivity index (χ0n) is 14.7. The van der Waals surface area contributed by atoms with Crippen LogP contribution in [0.15, 0.2) is 0 Å². The van der Waals surface area contributed by atoms with E-state index in [4.69, 9.17) is 0 Å². The minimum absolute atomic E-state index is 1.07. The Bertz CT molecular complexity index is 220. The van der Waals surface area contributed by atoms with Gasteiger partial charge in [0, 0.05) is 0 Å². The number of hydrogen-bond donors (Lipinski definition) is 0. The molecular formula is C18H39NSn. The third-order valence-corrected chi connectivity index (χ3v) is 23.2. The van der Waals surface area contributed by atoms with Crippen LogP contribution in [0.3, 0.4) is 0 Å². The van der Waals surface area contributed by atoms with Crippen LogP contribution in [0.1, 0.15) is 78.6 Å². The summed E-state index contributed by atoms with van der Waals surface area (Å²) in [4.78, 5) is 2.81. The van der Waals surface area contributed by atoms with Crippen LogP contribution >= 0.6 is 0 Å². The van der Waals surface area contributed by atoms with E-state index in [0.29, 0.717) is 0 Å². The number of hydrogen-bond acceptors (Lipinski definition) is 1. The normalized spacial score (nSPS) is 21.3. The van der Waals surface area contributed by atoms with Gasteiger partial charge in [-0.1, -0.05) is 0 Å². The summed E-state index contributed by atoms with van der Waals surface area (Å²) in [6.45, 7) is 8.55. The van der Waals surface area contributed by atoms with E-state index in [2.05, 4.69) is 32.7 Å². The van der Waals surface area contributed by atoms with Crippen molar-refractivity contribution in [2.75, 3.05) is 13.6 Å². The maximum absolute atomic E-state index is 2.81. The zero-order chi connectivity index (χ0) is 14.8.